The molecule has 0 aliphatic rings. The molecule has 13 heavy (non-hydrogen) atoms. The molecule has 2 rings (SSSR count). The summed E-state index contributed by atoms with van der Waals surface area (Å²) in [5.74, 6) is 0.767. The van der Waals surface area contributed by atoms with Crippen molar-refractivity contribution in [1.29, 1.82) is 0 Å². The number of hydrogen-bond acceptors (Lipinski definition) is 2. The fraction of sp³-hybridized carbons (Fsp3) is 0.100. The van der Waals surface area contributed by atoms with Crippen LogP contribution in [0.2, 0.25) is 0 Å². The number of benzene rings is 1. The normalized spacial score (nSPS) is 11.5. The van der Waals surface area contributed by atoms with Crippen LogP contribution in [0.5, 0.6) is 0 Å². The first-order chi connectivity index (χ1) is 6.40. The topological polar surface area (TPSA) is 28.7 Å². The van der Waals surface area contributed by atoms with E-state index in [1.807, 2.05) is 18.3 Å². The highest BCUT2D eigenvalue weighted by atomic mass is 32.1. The summed E-state index contributed by atoms with van der Waals surface area (Å²) < 4.78 is 0. The van der Waals surface area contributed by atoms with Gasteiger partial charge in [-0.05, 0) is 17.7 Å². The predicted octanol–water partition coefficient (Wildman–Crippen LogP) is 2.51. The number of hydrogen-bond donors (Lipinski definition) is 2. The third-order valence-corrected chi connectivity index (χ3v) is 2.09. The van der Waals surface area contributed by atoms with E-state index in [-0.39, 0.29) is 0 Å². The summed E-state index contributed by atoms with van der Waals surface area (Å²) in [7, 11) is 0. The van der Waals surface area contributed by atoms with Gasteiger partial charge in [-0.25, -0.2) is 0 Å². The van der Waals surface area contributed by atoms with Crippen molar-refractivity contribution in [3.8, 4) is 0 Å². The molecule has 1 N–H and O–H groups in total. The second kappa shape index (κ2) is 3.66. The molecule has 3 heteroatoms. The summed E-state index contributed by atoms with van der Waals surface area (Å²) in [4.78, 5) is 0. The molecule has 0 atom stereocenters. The van der Waals surface area contributed by atoms with Gasteiger partial charge in [0.1, 0.15) is 0 Å². The van der Waals surface area contributed by atoms with E-state index in [2.05, 4.69) is 41.0 Å². The molecule has 2 aromatic rings. The van der Waals surface area contributed by atoms with Gasteiger partial charge in [-0.15, -0.1) is 0 Å². The first-order valence-corrected chi connectivity index (χ1v) is 4.74. The quantitative estimate of drug-likeness (QED) is 0.700. The highest BCUT2D eigenvalue weighted by molar-refractivity contribution is 7.80. The van der Waals surface area contributed by atoms with Crippen LogP contribution < -0.4 is 0 Å². The average Bonchev–Trinajstić information content (AvgIpc) is 2.61. The van der Waals surface area contributed by atoms with Gasteiger partial charge in [-0.1, -0.05) is 18.2 Å². The fourth-order valence-corrected chi connectivity index (χ4v) is 1.36. The van der Waals surface area contributed by atoms with Gasteiger partial charge < -0.3 is 0 Å². The van der Waals surface area contributed by atoms with E-state index in [0.29, 0.717) is 0 Å². The Hall–Kier alpha value is -1.22. The van der Waals surface area contributed by atoms with Crippen LogP contribution in [0.4, 0.5) is 0 Å². The van der Waals surface area contributed by atoms with Crippen LogP contribution in [-0.4, -0.2) is 16.0 Å². The fourth-order valence-electron chi connectivity index (χ4n) is 1.25. The van der Waals surface area contributed by atoms with Crippen LogP contribution in [0.25, 0.3) is 17.0 Å². The van der Waals surface area contributed by atoms with E-state index in [0.717, 1.165) is 16.7 Å². The largest absolute Gasteiger partial charge is 0.278 e. The Kier molecular flexibility index (Phi) is 2.36. The lowest BCUT2D eigenvalue weighted by Crippen LogP contribution is -1.72. The lowest BCUT2D eigenvalue weighted by Gasteiger charge is -1.92. The minimum atomic E-state index is 0.767. The van der Waals surface area contributed by atoms with Gasteiger partial charge in [0, 0.05) is 11.1 Å². The molecule has 1 aromatic carbocycles. The number of nitrogens with one attached hydrogen (secondary N) is 1. The SMILES string of the molecule is SCC=Cc1ccc2[nH]ncc2c1. The highest BCUT2D eigenvalue weighted by Crippen LogP contribution is 2.13. The maximum Gasteiger partial charge on any atom is 0.0650 e. The molecule has 0 unspecified atom stereocenters. The Morgan fingerprint density at radius 3 is 3.23 bits per heavy atom. The monoisotopic (exact) mass is 190 g/mol. The Labute approximate surface area is 82.1 Å². The van der Waals surface area contributed by atoms with E-state index >= 15 is 0 Å². The molecule has 0 bridgehead atoms. The molecule has 0 aliphatic heterocycles. The molecule has 0 aliphatic carbocycles. The van der Waals surface area contributed by atoms with Crippen molar-refractivity contribution in [3.63, 3.8) is 0 Å². The van der Waals surface area contributed by atoms with Crippen molar-refractivity contribution in [2.24, 2.45) is 0 Å². The van der Waals surface area contributed by atoms with Gasteiger partial charge in [-0.3, -0.25) is 5.10 Å². The van der Waals surface area contributed by atoms with Gasteiger partial charge in [-0.2, -0.15) is 17.7 Å². The summed E-state index contributed by atoms with van der Waals surface area (Å²) in [5, 5.41) is 8.01. The first-order valence-electron chi connectivity index (χ1n) is 4.10. The summed E-state index contributed by atoms with van der Waals surface area (Å²) in [6.45, 7) is 0. The smallest absolute Gasteiger partial charge is 0.0650 e. The van der Waals surface area contributed by atoms with Gasteiger partial charge >= 0.3 is 0 Å². The van der Waals surface area contributed by atoms with Crippen LogP contribution in [0.3, 0.4) is 0 Å². The second-order valence-electron chi connectivity index (χ2n) is 2.80. The maximum atomic E-state index is 4.11. The molecule has 1 aromatic heterocycles. The zero-order valence-electron chi connectivity index (χ0n) is 7.07. The van der Waals surface area contributed by atoms with Gasteiger partial charge in [0.25, 0.3) is 0 Å². The maximum absolute atomic E-state index is 4.11. The number of thiol groups is 1. The summed E-state index contributed by atoms with van der Waals surface area (Å²) >= 11 is 4.11. The minimum Gasteiger partial charge on any atom is -0.278 e. The zero-order chi connectivity index (χ0) is 9.10. The number of nitrogens with zero attached hydrogens (tertiary/aromatic N) is 1. The van der Waals surface area contributed by atoms with E-state index in [1.54, 1.807) is 0 Å². The first kappa shape index (κ1) is 8.38. The van der Waals surface area contributed by atoms with Gasteiger partial charge in [0.15, 0.2) is 0 Å². The van der Waals surface area contributed by atoms with Crippen LogP contribution in [0, 0.1) is 0 Å². The number of aromatic amines is 1. The molecule has 2 nitrogen and oxygen atoms in total. The second-order valence-corrected chi connectivity index (χ2v) is 3.17. The number of rotatable bonds is 2. The van der Waals surface area contributed by atoms with Crippen molar-refractivity contribution in [3.05, 3.63) is 36.0 Å². The predicted molar refractivity (Wildman–Crippen MR) is 59.0 cm³/mol. The third-order valence-electron chi connectivity index (χ3n) is 1.88. The molecule has 66 valence electrons. The van der Waals surface area contributed by atoms with Crippen molar-refractivity contribution >= 4 is 29.6 Å². The molecular formula is C10H10N2S. The van der Waals surface area contributed by atoms with Gasteiger partial charge in [0.05, 0.1) is 11.7 Å². The van der Waals surface area contributed by atoms with Gasteiger partial charge in [0.2, 0.25) is 0 Å². The van der Waals surface area contributed by atoms with E-state index in [1.165, 1.54) is 5.56 Å². The summed E-state index contributed by atoms with van der Waals surface area (Å²) in [6.07, 6.45) is 5.90. The van der Waals surface area contributed by atoms with Crippen LogP contribution >= 0.6 is 12.6 Å². The van der Waals surface area contributed by atoms with E-state index in [9.17, 15) is 0 Å². The van der Waals surface area contributed by atoms with Crippen molar-refractivity contribution in [2.75, 3.05) is 5.75 Å². The Bertz CT molecular complexity index is 431. The van der Waals surface area contributed by atoms with E-state index in [4.69, 9.17) is 0 Å². The lowest BCUT2D eigenvalue weighted by molar-refractivity contribution is 1.12. The molecule has 1 heterocycles. The van der Waals surface area contributed by atoms with Crippen molar-refractivity contribution < 1.29 is 0 Å². The molecular weight excluding hydrogens is 180 g/mol. The molecule has 0 amide bonds. The summed E-state index contributed by atoms with van der Waals surface area (Å²) in [5.41, 5.74) is 2.26. The zero-order valence-corrected chi connectivity index (χ0v) is 7.96. The minimum absolute atomic E-state index is 0.767. The molecule has 0 radical (unpaired) electrons. The third kappa shape index (κ3) is 1.75. The van der Waals surface area contributed by atoms with Crippen molar-refractivity contribution in [2.45, 2.75) is 0 Å². The Balaban J connectivity index is 2.42. The van der Waals surface area contributed by atoms with Crippen LogP contribution in [0.1, 0.15) is 5.56 Å². The van der Waals surface area contributed by atoms with Crippen LogP contribution in [-0.2, 0) is 0 Å². The summed E-state index contributed by atoms with van der Waals surface area (Å²) in [6, 6.07) is 6.18. The molecule has 0 saturated carbocycles. The van der Waals surface area contributed by atoms with E-state index < -0.39 is 0 Å². The molecule has 0 spiro atoms. The molecule has 0 fully saturated rings. The standard InChI is InChI=1S/C10H10N2S/c13-5-1-2-8-3-4-10-9(6-8)7-11-12-10/h1-4,6-7,13H,5H2,(H,11,12). The lowest BCUT2D eigenvalue weighted by atomic mass is 10.1. The number of aromatic nitrogens is 2. The number of H-pyrrole nitrogens is 1. The Morgan fingerprint density at radius 1 is 1.46 bits per heavy atom. The van der Waals surface area contributed by atoms with Crippen molar-refractivity contribution in [1.82, 2.24) is 10.2 Å². The Morgan fingerprint density at radius 2 is 2.38 bits per heavy atom. The number of fused-ring (bicyclic) bond motifs is 1. The molecule has 0 saturated heterocycles. The van der Waals surface area contributed by atoms with Crippen LogP contribution in [0.15, 0.2) is 30.5 Å². The highest BCUT2D eigenvalue weighted by Gasteiger charge is 1.94. The average molecular weight is 190 g/mol.